The van der Waals surface area contributed by atoms with Crippen molar-refractivity contribution in [3.63, 3.8) is 0 Å². The van der Waals surface area contributed by atoms with Crippen LogP contribution in [-0.2, 0) is 9.59 Å². The summed E-state index contributed by atoms with van der Waals surface area (Å²) in [6.45, 7) is 3.62. The molecule has 0 spiro atoms. The zero-order valence-corrected chi connectivity index (χ0v) is 9.02. The molecule has 72 valence electrons. The Labute approximate surface area is 85.3 Å². The van der Waals surface area contributed by atoms with Gasteiger partial charge in [0.2, 0.25) is 12.2 Å². The fourth-order valence-corrected chi connectivity index (χ4v) is 2.58. The van der Waals surface area contributed by atoms with Crippen molar-refractivity contribution >= 4 is 35.7 Å². The third kappa shape index (κ3) is 7.81. The lowest BCUT2D eigenvalue weighted by molar-refractivity contribution is 0.562. The fourth-order valence-electron chi connectivity index (χ4n) is 0.459. The summed E-state index contributed by atoms with van der Waals surface area (Å²) >= 11 is 3.00. The van der Waals surface area contributed by atoms with E-state index >= 15 is 0 Å². The molecule has 0 bridgehead atoms. The Balaban J connectivity index is 3.55. The molecule has 0 N–H and O–H groups in total. The monoisotopic (exact) mass is 218 g/mol. The van der Waals surface area contributed by atoms with Crippen molar-refractivity contribution in [2.75, 3.05) is 5.08 Å². The fraction of sp³-hybridized carbons (Fsp3) is 0.714. The number of isocyanates is 2. The summed E-state index contributed by atoms with van der Waals surface area (Å²) in [5.74, 6) is 0. The van der Waals surface area contributed by atoms with Crippen LogP contribution < -0.4 is 0 Å². The van der Waals surface area contributed by atoms with Crippen LogP contribution in [0.2, 0.25) is 0 Å². The van der Waals surface area contributed by atoms with E-state index in [0.29, 0.717) is 0 Å². The molecular weight excluding hydrogens is 208 g/mol. The molecule has 0 aliphatic carbocycles. The average Bonchev–Trinajstić information content (AvgIpc) is 2.05. The Bertz CT molecular complexity index is 211. The number of thioether (sulfide) groups is 2. The summed E-state index contributed by atoms with van der Waals surface area (Å²) in [5.41, 5.74) is 0. The zero-order valence-electron chi connectivity index (χ0n) is 7.39. The molecule has 0 saturated carbocycles. The minimum atomic E-state index is -0.0857. The van der Waals surface area contributed by atoms with Gasteiger partial charge in [-0.1, -0.05) is 0 Å². The van der Waals surface area contributed by atoms with Crippen molar-refractivity contribution in [3.8, 4) is 0 Å². The highest BCUT2D eigenvalue weighted by atomic mass is 32.2. The van der Waals surface area contributed by atoms with Crippen LogP contribution in [0.5, 0.6) is 0 Å². The van der Waals surface area contributed by atoms with E-state index in [1.807, 2.05) is 13.8 Å². The molecule has 0 aliphatic heterocycles. The van der Waals surface area contributed by atoms with Gasteiger partial charge in [0.1, 0.15) is 10.7 Å². The molecule has 13 heavy (non-hydrogen) atoms. The smallest absolute Gasteiger partial charge is 0.211 e. The van der Waals surface area contributed by atoms with E-state index in [1.54, 1.807) is 0 Å². The molecule has 0 rings (SSSR count). The largest absolute Gasteiger partial charge is 0.236 e. The van der Waals surface area contributed by atoms with E-state index < -0.39 is 0 Å². The third-order valence-corrected chi connectivity index (χ3v) is 3.35. The second-order valence-electron chi connectivity index (χ2n) is 2.09. The first-order chi connectivity index (χ1) is 6.20. The van der Waals surface area contributed by atoms with Crippen LogP contribution in [0, 0.1) is 0 Å². The summed E-state index contributed by atoms with van der Waals surface area (Å²) in [6, 6.07) is 0. The van der Waals surface area contributed by atoms with Gasteiger partial charge in [0, 0.05) is 5.08 Å². The van der Waals surface area contributed by atoms with E-state index in [9.17, 15) is 9.59 Å². The van der Waals surface area contributed by atoms with Gasteiger partial charge in [-0.3, -0.25) is 0 Å². The Morgan fingerprint density at radius 3 is 1.77 bits per heavy atom. The first-order valence-corrected chi connectivity index (χ1v) is 5.67. The molecule has 4 nitrogen and oxygen atoms in total. The van der Waals surface area contributed by atoms with Gasteiger partial charge in [0.05, 0.1) is 0 Å². The van der Waals surface area contributed by atoms with Crippen LogP contribution in [0.25, 0.3) is 0 Å². The van der Waals surface area contributed by atoms with E-state index in [4.69, 9.17) is 0 Å². The lowest BCUT2D eigenvalue weighted by Crippen LogP contribution is -1.94. The topological polar surface area (TPSA) is 58.9 Å². The highest BCUT2D eigenvalue weighted by Gasteiger charge is 2.02. The molecule has 6 heteroatoms. The molecule has 0 amide bonds. The molecule has 0 radical (unpaired) electrons. The standard InChI is InChI=1S/C7H10N2O2S2/c1-6(8-3-10)12-5-13-7(2)9-4-11/h6-7H,5H2,1-2H3. The normalized spacial score (nSPS) is 13.7. The van der Waals surface area contributed by atoms with Gasteiger partial charge < -0.3 is 0 Å². The van der Waals surface area contributed by atoms with Crippen molar-refractivity contribution in [2.45, 2.75) is 24.6 Å². The minimum Gasteiger partial charge on any atom is -0.211 e. The zero-order chi connectivity index (χ0) is 10.1. The van der Waals surface area contributed by atoms with Crippen molar-refractivity contribution in [1.82, 2.24) is 0 Å². The number of hydrogen-bond acceptors (Lipinski definition) is 6. The maximum absolute atomic E-state index is 9.83. The van der Waals surface area contributed by atoms with Gasteiger partial charge in [-0.15, -0.1) is 23.5 Å². The number of nitrogens with zero attached hydrogens (tertiary/aromatic N) is 2. The highest BCUT2D eigenvalue weighted by Crippen LogP contribution is 2.21. The second kappa shape index (κ2) is 8.08. The third-order valence-electron chi connectivity index (χ3n) is 1.09. The molecule has 0 fully saturated rings. The first kappa shape index (κ1) is 12.5. The molecule has 0 heterocycles. The molecular formula is C7H10N2O2S2. The summed E-state index contributed by atoms with van der Waals surface area (Å²) < 4.78 is 0. The van der Waals surface area contributed by atoms with E-state index in [0.717, 1.165) is 5.08 Å². The number of aliphatic imine (C=N–C) groups is 2. The van der Waals surface area contributed by atoms with Gasteiger partial charge in [-0.25, -0.2) is 9.59 Å². The quantitative estimate of drug-likeness (QED) is 0.387. The molecule has 0 aromatic heterocycles. The summed E-state index contributed by atoms with van der Waals surface area (Å²) in [7, 11) is 0. The van der Waals surface area contributed by atoms with Gasteiger partial charge >= 0.3 is 0 Å². The van der Waals surface area contributed by atoms with E-state index in [1.165, 1.54) is 35.7 Å². The molecule has 0 aliphatic rings. The van der Waals surface area contributed by atoms with E-state index in [-0.39, 0.29) is 10.7 Å². The molecule has 2 atom stereocenters. The predicted octanol–water partition coefficient (Wildman–Crippen LogP) is 1.77. The molecule has 2 unspecified atom stereocenters. The second-order valence-corrected chi connectivity index (χ2v) is 5.06. The van der Waals surface area contributed by atoms with Crippen LogP contribution in [0.4, 0.5) is 0 Å². The van der Waals surface area contributed by atoms with E-state index in [2.05, 4.69) is 9.98 Å². The van der Waals surface area contributed by atoms with Crippen molar-refractivity contribution in [2.24, 2.45) is 9.98 Å². The Kier molecular flexibility index (Phi) is 7.74. The van der Waals surface area contributed by atoms with Crippen LogP contribution in [0.1, 0.15) is 13.8 Å². The molecule has 0 aromatic rings. The van der Waals surface area contributed by atoms with Crippen molar-refractivity contribution < 1.29 is 9.59 Å². The number of rotatable bonds is 6. The number of hydrogen-bond donors (Lipinski definition) is 0. The number of carbonyl (C=O) groups excluding carboxylic acids is 2. The van der Waals surface area contributed by atoms with Gasteiger partial charge in [-0.05, 0) is 13.8 Å². The SMILES string of the molecule is CC(N=C=O)SCSC(C)N=C=O. The molecule has 0 saturated heterocycles. The van der Waals surface area contributed by atoms with Crippen LogP contribution in [0.3, 0.4) is 0 Å². The highest BCUT2D eigenvalue weighted by molar-refractivity contribution is 8.16. The summed E-state index contributed by atoms with van der Waals surface area (Å²) in [6.07, 6.45) is 2.98. The maximum atomic E-state index is 9.83. The van der Waals surface area contributed by atoms with Crippen molar-refractivity contribution in [1.29, 1.82) is 0 Å². The van der Waals surface area contributed by atoms with Gasteiger partial charge in [0.15, 0.2) is 0 Å². The van der Waals surface area contributed by atoms with Gasteiger partial charge in [0.25, 0.3) is 0 Å². The Morgan fingerprint density at radius 1 is 1.08 bits per heavy atom. The Hall–Kier alpha value is -0.540. The Morgan fingerprint density at radius 2 is 1.46 bits per heavy atom. The van der Waals surface area contributed by atoms with Crippen LogP contribution in [0.15, 0.2) is 9.98 Å². The lowest BCUT2D eigenvalue weighted by atomic mass is 10.8. The maximum Gasteiger partial charge on any atom is 0.236 e. The van der Waals surface area contributed by atoms with Crippen molar-refractivity contribution in [3.05, 3.63) is 0 Å². The predicted molar refractivity (Wildman–Crippen MR) is 55.2 cm³/mol. The first-order valence-electron chi connectivity index (χ1n) is 3.58. The van der Waals surface area contributed by atoms with Crippen LogP contribution >= 0.6 is 23.5 Å². The minimum absolute atomic E-state index is 0.0857. The van der Waals surface area contributed by atoms with Crippen LogP contribution in [-0.4, -0.2) is 28.0 Å². The average molecular weight is 218 g/mol. The molecule has 0 aromatic carbocycles. The lowest BCUT2D eigenvalue weighted by Gasteiger charge is -2.05. The van der Waals surface area contributed by atoms with Gasteiger partial charge in [-0.2, -0.15) is 9.98 Å². The summed E-state index contributed by atoms with van der Waals surface area (Å²) in [5, 5.41) is 0.563. The summed E-state index contributed by atoms with van der Waals surface area (Å²) in [4.78, 5) is 26.7.